The molecule has 0 aliphatic carbocycles. The van der Waals surface area contributed by atoms with Gasteiger partial charge in [0.2, 0.25) is 0 Å². The van der Waals surface area contributed by atoms with Crippen molar-refractivity contribution in [2.75, 3.05) is 4.90 Å². The molecule has 0 saturated carbocycles. The molecule has 0 heterocycles. The van der Waals surface area contributed by atoms with Crippen LogP contribution in [0.15, 0.2) is 72.8 Å². The molecule has 0 amide bonds. The first kappa shape index (κ1) is 17.2. The monoisotopic (exact) mass is 335 g/mol. The molecule has 4 nitrogen and oxygen atoms in total. The molecule has 3 aromatic rings. The van der Waals surface area contributed by atoms with E-state index in [2.05, 4.69) is 0 Å². The molecule has 0 radical (unpaired) electrons. The van der Waals surface area contributed by atoms with E-state index in [9.17, 15) is 15.3 Å². The van der Waals surface area contributed by atoms with Gasteiger partial charge in [-0.25, -0.2) is 0 Å². The van der Waals surface area contributed by atoms with Crippen molar-refractivity contribution in [1.29, 1.82) is 0 Å². The Bertz CT molecular complexity index is 735. The normalized spacial score (nSPS) is 10.7. The molecule has 0 aliphatic rings. The van der Waals surface area contributed by atoms with Gasteiger partial charge in [0.1, 0.15) is 0 Å². The largest absolute Gasteiger partial charge is 0.392 e. The van der Waals surface area contributed by atoms with Crippen LogP contribution in [0.2, 0.25) is 0 Å². The molecule has 3 N–H and O–H groups in total. The summed E-state index contributed by atoms with van der Waals surface area (Å²) in [6, 6.07) is 22.7. The second-order valence-corrected chi connectivity index (χ2v) is 5.70. The van der Waals surface area contributed by atoms with Gasteiger partial charge in [-0.15, -0.1) is 0 Å². The van der Waals surface area contributed by atoms with Crippen LogP contribution in [0, 0.1) is 0 Å². The third kappa shape index (κ3) is 3.42. The molecule has 0 aromatic heterocycles. The van der Waals surface area contributed by atoms with Crippen LogP contribution in [0.4, 0.5) is 17.1 Å². The number of anilines is 3. The van der Waals surface area contributed by atoms with Crippen LogP contribution in [0.5, 0.6) is 0 Å². The fourth-order valence-electron chi connectivity index (χ4n) is 2.98. The molecule has 0 spiro atoms. The molecule has 0 aliphatic heterocycles. The summed E-state index contributed by atoms with van der Waals surface area (Å²) in [5.41, 5.74) is 4.74. The van der Waals surface area contributed by atoms with Crippen molar-refractivity contribution in [2.24, 2.45) is 0 Å². The third-order valence-electron chi connectivity index (χ3n) is 4.21. The van der Waals surface area contributed by atoms with E-state index < -0.39 is 0 Å². The number of hydrogen-bond donors (Lipinski definition) is 3. The fraction of sp³-hybridized carbons (Fsp3) is 0.143. The van der Waals surface area contributed by atoms with Crippen molar-refractivity contribution < 1.29 is 15.3 Å². The van der Waals surface area contributed by atoms with E-state index in [4.69, 9.17) is 0 Å². The predicted octanol–water partition coefficient (Wildman–Crippen LogP) is 3.63. The maximum atomic E-state index is 9.79. The van der Waals surface area contributed by atoms with Crippen LogP contribution < -0.4 is 4.90 Å². The van der Waals surface area contributed by atoms with E-state index in [-0.39, 0.29) is 19.8 Å². The van der Waals surface area contributed by atoms with Crippen molar-refractivity contribution >= 4 is 17.1 Å². The summed E-state index contributed by atoms with van der Waals surface area (Å²) in [5, 5.41) is 29.4. The zero-order chi connectivity index (χ0) is 17.6. The lowest BCUT2D eigenvalue weighted by Crippen LogP contribution is -2.16. The molecule has 0 saturated heterocycles. The third-order valence-corrected chi connectivity index (χ3v) is 4.21. The highest BCUT2D eigenvalue weighted by Gasteiger charge is 2.19. The lowest BCUT2D eigenvalue weighted by Gasteiger charge is -2.30. The Labute approximate surface area is 147 Å². The number of para-hydroxylation sites is 3. The van der Waals surface area contributed by atoms with Crippen LogP contribution >= 0.6 is 0 Å². The summed E-state index contributed by atoms with van der Waals surface area (Å²) in [4.78, 5) is 1.97. The highest BCUT2D eigenvalue weighted by Crippen LogP contribution is 2.40. The summed E-state index contributed by atoms with van der Waals surface area (Å²) in [6.45, 7) is -0.306. The Hall–Kier alpha value is -2.66. The quantitative estimate of drug-likeness (QED) is 0.644. The van der Waals surface area contributed by atoms with Crippen molar-refractivity contribution in [3.05, 3.63) is 89.5 Å². The van der Waals surface area contributed by atoms with Gasteiger partial charge >= 0.3 is 0 Å². The maximum Gasteiger partial charge on any atom is 0.0702 e. The molecule has 0 unspecified atom stereocenters. The van der Waals surface area contributed by atoms with E-state index in [1.807, 2.05) is 77.7 Å². The smallest absolute Gasteiger partial charge is 0.0702 e. The maximum absolute atomic E-state index is 9.79. The van der Waals surface area contributed by atoms with Crippen molar-refractivity contribution in [2.45, 2.75) is 19.8 Å². The standard InChI is InChI=1S/C21H21NO3/c23-13-16-7-1-4-10-19(16)22(20-11-5-2-8-17(20)14-24)21-12-6-3-9-18(21)15-25/h1-12,23-25H,13-15H2. The second-order valence-electron chi connectivity index (χ2n) is 5.70. The number of hydrogen-bond acceptors (Lipinski definition) is 4. The Kier molecular flexibility index (Phi) is 5.46. The number of nitrogens with zero attached hydrogens (tertiary/aromatic N) is 1. The average molecular weight is 335 g/mol. The molecule has 0 bridgehead atoms. The highest BCUT2D eigenvalue weighted by atomic mass is 16.3. The highest BCUT2D eigenvalue weighted by molar-refractivity contribution is 5.81. The van der Waals surface area contributed by atoms with Crippen LogP contribution in [0.1, 0.15) is 16.7 Å². The Morgan fingerprint density at radius 2 is 0.760 bits per heavy atom. The van der Waals surface area contributed by atoms with Crippen LogP contribution in [-0.4, -0.2) is 15.3 Å². The first-order valence-corrected chi connectivity index (χ1v) is 8.16. The molecule has 0 fully saturated rings. The zero-order valence-corrected chi connectivity index (χ0v) is 13.8. The summed E-state index contributed by atoms with van der Waals surface area (Å²) < 4.78 is 0. The van der Waals surface area contributed by atoms with Crippen molar-refractivity contribution in [3.63, 3.8) is 0 Å². The van der Waals surface area contributed by atoms with E-state index in [0.29, 0.717) is 0 Å². The molecule has 128 valence electrons. The fourth-order valence-corrected chi connectivity index (χ4v) is 2.98. The summed E-state index contributed by atoms with van der Waals surface area (Å²) >= 11 is 0. The van der Waals surface area contributed by atoms with E-state index in [1.54, 1.807) is 0 Å². The second kappa shape index (κ2) is 7.94. The Morgan fingerprint density at radius 1 is 0.480 bits per heavy atom. The van der Waals surface area contributed by atoms with Crippen molar-refractivity contribution in [1.82, 2.24) is 0 Å². The van der Waals surface area contributed by atoms with Gasteiger partial charge in [-0.3, -0.25) is 0 Å². The van der Waals surface area contributed by atoms with Gasteiger partial charge < -0.3 is 20.2 Å². The molecule has 25 heavy (non-hydrogen) atoms. The van der Waals surface area contributed by atoms with Crippen LogP contribution in [0.25, 0.3) is 0 Å². The molecule has 3 aromatic carbocycles. The lowest BCUT2D eigenvalue weighted by molar-refractivity contribution is 0.281. The molecule has 4 heteroatoms. The topological polar surface area (TPSA) is 63.9 Å². The predicted molar refractivity (Wildman–Crippen MR) is 98.9 cm³/mol. The van der Waals surface area contributed by atoms with Gasteiger partial charge in [-0.05, 0) is 18.2 Å². The van der Waals surface area contributed by atoms with E-state index in [0.717, 1.165) is 33.8 Å². The van der Waals surface area contributed by atoms with Gasteiger partial charge in [0.15, 0.2) is 0 Å². The number of benzene rings is 3. The van der Waals surface area contributed by atoms with Gasteiger partial charge in [0, 0.05) is 16.7 Å². The number of rotatable bonds is 6. The summed E-state index contributed by atoms with van der Waals surface area (Å²) in [7, 11) is 0. The number of aliphatic hydroxyl groups is 3. The van der Waals surface area contributed by atoms with Crippen LogP contribution in [-0.2, 0) is 19.8 Å². The Morgan fingerprint density at radius 3 is 1.04 bits per heavy atom. The summed E-state index contributed by atoms with van der Waals surface area (Å²) in [5.74, 6) is 0. The molecular weight excluding hydrogens is 314 g/mol. The van der Waals surface area contributed by atoms with Gasteiger partial charge in [-0.1, -0.05) is 54.6 Å². The first-order chi connectivity index (χ1) is 12.3. The zero-order valence-electron chi connectivity index (χ0n) is 13.8. The average Bonchev–Trinajstić information content (AvgIpc) is 2.69. The van der Waals surface area contributed by atoms with Gasteiger partial charge in [-0.2, -0.15) is 0 Å². The van der Waals surface area contributed by atoms with Crippen LogP contribution in [0.3, 0.4) is 0 Å². The molecular formula is C21H21NO3. The minimum absolute atomic E-state index is 0.102. The molecule has 0 atom stereocenters. The first-order valence-electron chi connectivity index (χ1n) is 8.16. The van der Waals surface area contributed by atoms with E-state index >= 15 is 0 Å². The Balaban J connectivity index is 2.29. The molecule has 3 rings (SSSR count). The van der Waals surface area contributed by atoms with E-state index in [1.165, 1.54) is 0 Å². The van der Waals surface area contributed by atoms with Gasteiger partial charge in [0.05, 0.1) is 36.9 Å². The number of aliphatic hydroxyl groups excluding tert-OH is 3. The lowest BCUT2D eigenvalue weighted by atomic mass is 10.0. The van der Waals surface area contributed by atoms with Gasteiger partial charge in [0.25, 0.3) is 0 Å². The SMILES string of the molecule is OCc1ccccc1N(c1ccccc1CO)c1ccccc1CO. The minimum atomic E-state index is -0.102. The summed E-state index contributed by atoms with van der Waals surface area (Å²) in [6.07, 6.45) is 0. The van der Waals surface area contributed by atoms with Crippen molar-refractivity contribution in [3.8, 4) is 0 Å². The minimum Gasteiger partial charge on any atom is -0.392 e.